The maximum atomic E-state index is 10.7. The van der Waals surface area contributed by atoms with Gasteiger partial charge in [-0.3, -0.25) is 4.79 Å². The Hall–Kier alpha value is -0.960. The van der Waals surface area contributed by atoms with E-state index in [-0.39, 0.29) is 0 Å². The zero-order valence-corrected chi connectivity index (χ0v) is 7.06. The quantitative estimate of drug-likeness (QED) is 0.610. The maximum absolute atomic E-state index is 10.7. The molecule has 1 aromatic carbocycles. The fourth-order valence-electron chi connectivity index (χ4n) is 0.924. The van der Waals surface area contributed by atoms with Crippen molar-refractivity contribution in [1.29, 1.82) is 0 Å². The van der Waals surface area contributed by atoms with Gasteiger partial charge >= 0.3 is 0 Å². The number of primary amides is 1. The third-order valence-electron chi connectivity index (χ3n) is 1.48. The van der Waals surface area contributed by atoms with Gasteiger partial charge in [0.05, 0.1) is 0 Å². The Morgan fingerprint density at radius 1 is 1.55 bits per heavy atom. The van der Waals surface area contributed by atoms with E-state index in [0.29, 0.717) is 5.56 Å². The molecule has 0 aliphatic carbocycles. The molecule has 1 aromatic rings. The molecule has 0 radical (unpaired) electrons. The third kappa shape index (κ3) is 1.74. The van der Waals surface area contributed by atoms with Gasteiger partial charge < -0.3 is 5.73 Å². The van der Waals surface area contributed by atoms with E-state index in [1.807, 2.05) is 13.0 Å². The van der Waals surface area contributed by atoms with Crippen molar-refractivity contribution in [3.63, 3.8) is 0 Å². The van der Waals surface area contributed by atoms with Crippen molar-refractivity contribution in [3.05, 3.63) is 29.3 Å². The second kappa shape index (κ2) is 2.96. The summed E-state index contributed by atoms with van der Waals surface area (Å²) >= 11 is 4.12. The molecule has 1 rings (SSSR count). The highest BCUT2D eigenvalue weighted by molar-refractivity contribution is 7.80. The lowest BCUT2D eigenvalue weighted by atomic mass is 10.1. The van der Waals surface area contributed by atoms with Crippen LogP contribution in [0.1, 0.15) is 15.9 Å². The minimum Gasteiger partial charge on any atom is -0.366 e. The molecule has 0 saturated carbocycles. The molecule has 0 aliphatic heterocycles. The van der Waals surface area contributed by atoms with E-state index < -0.39 is 5.91 Å². The molecule has 0 aliphatic rings. The largest absolute Gasteiger partial charge is 0.366 e. The van der Waals surface area contributed by atoms with E-state index in [1.165, 1.54) is 0 Å². The van der Waals surface area contributed by atoms with Crippen molar-refractivity contribution in [2.45, 2.75) is 11.8 Å². The first-order valence-electron chi connectivity index (χ1n) is 3.20. The number of hydrogen-bond donors (Lipinski definition) is 2. The normalized spacial score (nSPS) is 9.64. The fourth-order valence-corrected chi connectivity index (χ4v) is 1.19. The van der Waals surface area contributed by atoms with Crippen molar-refractivity contribution in [1.82, 2.24) is 0 Å². The summed E-state index contributed by atoms with van der Waals surface area (Å²) in [5.41, 5.74) is 6.52. The highest BCUT2D eigenvalue weighted by Crippen LogP contribution is 2.12. The Morgan fingerprint density at radius 3 is 2.64 bits per heavy atom. The molecule has 2 nitrogen and oxygen atoms in total. The van der Waals surface area contributed by atoms with Crippen LogP contribution >= 0.6 is 12.6 Å². The Balaban J connectivity index is 3.20. The minimum atomic E-state index is -0.393. The van der Waals surface area contributed by atoms with Crippen molar-refractivity contribution >= 4 is 18.5 Å². The number of rotatable bonds is 1. The highest BCUT2D eigenvalue weighted by Gasteiger charge is 2.02. The Bertz CT molecular complexity index is 296. The molecule has 11 heavy (non-hydrogen) atoms. The first kappa shape index (κ1) is 8.14. The average Bonchev–Trinajstić information content (AvgIpc) is 1.85. The van der Waals surface area contributed by atoms with E-state index in [2.05, 4.69) is 12.6 Å². The molecule has 0 atom stereocenters. The maximum Gasteiger partial charge on any atom is 0.248 e. The molecular formula is C8H9NOS. The lowest BCUT2D eigenvalue weighted by molar-refractivity contribution is 0.0999. The zero-order chi connectivity index (χ0) is 8.43. The number of aryl methyl sites for hydroxylation is 1. The summed E-state index contributed by atoms with van der Waals surface area (Å²) in [7, 11) is 0. The molecule has 0 aromatic heterocycles. The third-order valence-corrected chi connectivity index (χ3v) is 1.75. The van der Waals surface area contributed by atoms with Crippen molar-refractivity contribution < 1.29 is 4.79 Å². The van der Waals surface area contributed by atoms with Crippen molar-refractivity contribution in [2.75, 3.05) is 0 Å². The lowest BCUT2D eigenvalue weighted by Crippen LogP contribution is -2.12. The van der Waals surface area contributed by atoms with Crippen LogP contribution in [-0.2, 0) is 0 Å². The summed E-state index contributed by atoms with van der Waals surface area (Å²) in [6, 6.07) is 5.24. The molecule has 0 heterocycles. The second-order valence-corrected chi connectivity index (χ2v) is 2.88. The van der Waals surface area contributed by atoms with Gasteiger partial charge in [-0.25, -0.2) is 0 Å². The van der Waals surface area contributed by atoms with Crippen LogP contribution in [0.4, 0.5) is 0 Å². The van der Waals surface area contributed by atoms with Crippen LogP contribution in [0.25, 0.3) is 0 Å². The van der Waals surface area contributed by atoms with Gasteiger partial charge in [0.25, 0.3) is 0 Å². The van der Waals surface area contributed by atoms with Gasteiger partial charge in [0.2, 0.25) is 5.91 Å². The van der Waals surface area contributed by atoms with E-state index in [0.717, 1.165) is 10.5 Å². The van der Waals surface area contributed by atoms with Crippen LogP contribution in [0.5, 0.6) is 0 Å². The Morgan fingerprint density at radius 2 is 2.18 bits per heavy atom. The first-order valence-corrected chi connectivity index (χ1v) is 3.65. The monoisotopic (exact) mass is 167 g/mol. The van der Waals surface area contributed by atoms with Gasteiger partial charge in [0.1, 0.15) is 0 Å². The van der Waals surface area contributed by atoms with Crippen LogP contribution < -0.4 is 5.73 Å². The highest BCUT2D eigenvalue weighted by atomic mass is 32.1. The number of nitrogens with two attached hydrogens (primary N) is 1. The number of benzene rings is 1. The van der Waals surface area contributed by atoms with Gasteiger partial charge in [0, 0.05) is 10.5 Å². The van der Waals surface area contributed by atoms with Gasteiger partial charge in [-0.1, -0.05) is 0 Å². The van der Waals surface area contributed by atoms with Gasteiger partial charge in [0.15, 0.2) is 0 Å². The summed E-state index contributed by atoms with van der Waals surface area (Å²) in [6.07, 6.45) is 0. The minimum absolute atomic E-state index is 0.393. The molecule has 2 N–H and O–H groups in total. The summed E-state index contributed by atoms with van der Waals surface area (Å²) in [6.45, 7) is 1.83. The SMILES string of the molecule is Cc1cc(S)ccc1C(N)=O. The molecule has 0 saturated heterocycles. The van der Waals surface area contributed by atoms with E-state index in [4.69, 9.17) is 5.73 Å². The summed E-state index contributed by atoms with van der Waals surface area (Å²) in [4.78, 5) is 11.6. The fraction of sp³-hybridized carbons (Fsp3) is 0.125. The van der Waals surface area contributed by atoms with Crippen LogP contribution in [0.2, 0.25) is 0 Å². The topological polar surface area (TPSA) is 43.1 Å². The summed E-state index contributed by atoms with van der Waals surface area (Å²) in [5.74, 6) is -0.393. The number of carbonyl (C=O) groups is 1. The number of amides is 1. The van der Waals surface area contributed by atoms with Crippen LogP contribution in [0.3, 0.4) is 0 Å². The first-order chi connectivity index (χ1) is 5.11. The molecule has 0 spiro atoms. The standard InChI is InChI=1S/C8H9NOS/c1-5-4-6(11)2-3-7(5)8(9)10/h2-4,11H,1H3,(H2,9,10). The smallest absolute Gasteiger partial charge is 0.248 e. The predicted molar refractivity (Wildman–Crippen MR) is 46.9 cm³/mol. The summed E-state index contributed by atoms with van der Waals surface area (Å²) in [5, 5.41) is 0. The lowest BCUT2D eigenvalue weighted by Gasteiger charge is -2.00. The molecule has 0 fully saturated rings. The molecule has 0 bridgehead atoms. The number of thiol groups is 1. The van der Waals surface area contributed by atoms with Gasteiger partial charge in [-0.2, -0.15) is 0 Å². The van der Waals surface area contributed by atoms with Gasteiger partial charge in [-0.05, 0) is 30.7 Å². The zero-order valence-electron chi connectivity index (χ0n) is 6.16. The van der Waals surface area contributed by atoms with Crippen molar-refractivity contribution in [3.8, 4) is 0 Å². The van der Waals surface area contributed by atoms with E-state index in [1.54, 1.807) is 12.1 Å². The Labute approximate surface area is 70.8 Å². The predicted octanol–water partition coefficient (Wildman–Crippen LogP) is 1.38. The molecule has 58 valence electrons. The number of hydrogen-bond acceptors (Lipinski definition) is 2. The molecule has 1 amide bonds. The van der Waals surface area contributed by atoms with Gasteiger partial charge in [-0.15, -0.1) is 12.6 Å². The number of carbonyl (C=O) groups excluding carboxylic acids is 1. The van der Waals surface area contributed by atoms with Crippen LogP contribution in [0.15, 0.2) is 23.1 Å². The van der Waals surface area contributed by atoms with Crippen molar-refractivity contribution in [2.24, 2.45) is 5.73 Å². The molecule has 3 heteroatoms. The molecular weight excluding hydrogens is 158 g/mol. The van der Waals surface area contributed by atoms with E-state index in [9.17, 15) is 4.79 Å². The van der Waals surface area contributed by atoms with E-state index >= 15 is 0 Å². The average molecular weight is 167 g/mol. The Kier molecular flexibility index (Phi) is 2.19. The van der Waals surface area contributed by atoms with Crippen LogP contribution in [-0.4, -0.2) is 5.91 Å². The van der Waals surface area contributed by atoms with Crippen LogP contribution in [0, 0.1) is 6.92 Å². The summed E-state index contributed by atoms with van der Waals surface area (Å²) < 4.78 is 0. The molecule has 0 unspecified atom stereocenters. The second-order valence-electron chi connectivity index (χ2n) is 2.36.